The molecule has 0 radical (unpaired) electrons. The van der Waals surface area contributed by atoms with Crippen LogP contribution in [0.4, 0.5) is 10.2 Å². The molecular weight excluding hydrogens is 377 g/mol. The summed E-state index contributed by atoms with van der Waals surface area (Å²) >= 11 is 0. The zero-order valence-electron chi connectivity index (χ0n) is 16.0. The van der Waals surface area contributed by atoms with Crippen LogP contribution in [0, 0.1) is 5.82 Å². The van der Waals surface area contributed by atoms with Crippen LogP contribution in [-0.2, 0) is 11.2 Å². The summed E-state index contributed by atoms with van der Waals surface area (Å²) in [6.45, 7) is 2.37. The van der Waals surface area contributed by atoms with Gasteiger partial charge in [0.05, 0.1) is 25.4 Å². The van der Waals surface area contributed by atoms with Gasteiger partial charge >= 0.3 is 0 Å². The second-order valence-electron chi connectivity index (χ2n) is 7.57. The Labute approximate surface area is 166 Å². The lowest BCUT2D eigenvalue weighted by Crippen LogP contribution is -2.50. The predicted molar refractivity (Wildman–Crippen MR) is 103 cm³/mol. The van der Waals surface area contributed by atoms with Crippen molar-refractivity contribution in [3.05, 3.63) is 53.1 Å². The lowest BCUT2D eigenvalue weighted by molar-refractivity contribution is 0.00667. The van der Waals surface area contributed by atoms with Gasteiger partial charge in [0.25, 0.3) is 5.91 Å². The molecule has 0 aliphatic carbocycles. The van der Waals surface area contributed by atoms with Gasteiger partial charge < -0.3 is 20.1 Å². The molecule has 1 aromatic carbocycles. The number of amides is 1. The number of anilines is 1. The van der Waals surface area contributed by atoms with Gasteiger partial charge in [0.15, 0.2) is 11.2 Å². The molecule has 0 spiro atoms. The largest absolute Gasteiger partial charge is 0.482 e. The fourth-order valence-electron chi connectivity index (χ4n) is 4.09. The van der Waals surface area contributed by atoms with E-state index in [1.807, 2.05) is 6.92 Å². The third-order valence-corrected chi connectivity index (χ3v) is 5.41. The molecule has 4 heterocycles. The molecule has 0 unspecified atom stereocenters. The van der Waals surface area contributed by atoms with Crippen LogP contribution in [0.1, 0.15) is 34.5 Å². The highest BCUT2D eigenvalue weighted by atomic mass is 19.1. The smallest absolute Gasteiger partial charge is 0.256 e. The molecule has 2 aromatic heterocycles. The first-order valence-electron chi connectivity index (χ1n) is 9.37. The van der Waals surface area contributed by atoms with Gasteiger partial charge in [-0.3, -0.25) is 4.79 Å². The molecule has 2 atom stereocenters. The standard InChI is InChI=1S/C20H20FN5O3/c1-11-14-6-13(21)5-12-7-20(10-28-2,29-17(12)14)9-22-19(27)15-8-23-26-4-3-16(24-11)25-18(15)26/h3-6,8,11H,7,9-10H2,1-2H3,(H,22,27)(H,24,25)/t11-,20-/m1/s1. The molecule has 150 valence electrons. The molecule has 0 saturated carbocycles. The van der Waals surface area contributed by atoms with E-state index in [0.717, 1.165) is 5.56 Å². The highest BCUT2D eigenvalue weighted by Crippen LogP contribution is 2.42. The number of carbonyl (C=O) groups excluding carboxylic acids is 1. The van der Waals surface area contributed by atoms with Crippen LogP contribution in [0.3, 0.4) is 0 Å². The summed E-state index contributed by atoms with van der Waals surface area (Å²) in [7, 11) is 1.58. The number of benzene rings is 1. The minimum absolute atomic E-state index is 0.203. The van der Waals surface area contributed by atoms with Crippen LogP contribution < -0.4 is 15.4 Å². The average molecular weight is 397 g/mol. The minimum atomic E-state index is -0.818. The SMILES string of the molecule is COC[C@@]12CNC(=O)c3cnn4ccc(nc34)N[C@H](C)c3cc(F)cc(c3O1)C2. The van der Waals surface area contributed by atoms with Crippen molar-refractivity contribution in [2.75, 3.05) is 25.6 Å². The topological polar surface area (TPSA) is 89.8 Å². The summed E-state index contributed by atoms with van der Waals surface area (Å²) in [4.78, 5) is 17.4. The van der Waals surface area contributed by atoms with Crippen LogP contribution in [0.5, 0.6) is 5.75 Å². The van der Waals surface area contributed by atoms with Gasteiger partial charge in [0.1, 0.15) is 22.9 Å². The zero-order valence-corrected chi connectivity index (χ0v) is 16.0. The summed E-state index contributed by atoms with van der Waals surface area (Å²) in [6, 6.07) is 4.44. The van der Waals surface area contributed by atoms with Gasteiger partial charge in [0, 0.05) is 30.9 Å². The summed E-state index contributed by atoms with van der Waals surface area (Å²) in [5.74, 6) is 0.541. The summed E-state index contributed by atoms with van der Waals surface area (Å²) in [5, 5.41) is 10.4. The molecule has 5 rings (SSSR count). The van der Waals surface area contributed by atoms with E-state index in [1.165, 1.54) is 18.3 Å². The van der Waals surface area contributed by atoms with Crippen molar-refractivity contribution < 1.29 is 18.7 Å². The van der Waals surface area contributed by atoms with E-state index >= 15 is 0 Å². The van der Waals surface area contributed by atoms with Crippen LogP contribution in [0.15, 0.2) is 30.6 Å². The van der Waals surface area contributed by atoms with E-state index in [2.05, 4.69) is 20.7 Å². The summed E-state index contributed by atoms with van der Waals surface area (Å²) in [6.07, 6.45) is 3.65. The third-order valence-electron chi connectivity index (χ3n) is 5.41. The second kappa shape index (κ2) is 6.41. The number of nitrogens with one attached hydrogen (secondary N) is 2. The average Bonchev–Trinajstić information content (AvgIpc) is 3.26. The van der Waals surface area contributed by atoms with Gasteiger partial charge in [-0.05, 0) is 25.1 Å². The Morgan fingerprint density at radius 1 is 1.45 bits per heavy atom. The third kappa shape index (κ3) is 2.89. The number of carbonyl (C=O) groups is 1. The number of halogens is 1. The molecule has 0 fully saturated rings. The molecule has 2 N–H and O–H groups in total. The van der Waals surface area contributed by atoms with Gasteiger partial charge in [-0.15, -0.1) is 0 Å². The molecular formula is C20H20FN5O3. The number of methoxy groups -OCH3 is 1. The zero-order chi connectivity index (χ0) is 20.2. The summed E-state index contributed by atoms with van der Waals surface area (Å²) in [5.41, 5.74) is 1.44. The van der Waals surface area contributed by atoms with Crippen LogP contribution in [0.25, 0.3) is 5.65 Å². The van der Waals surface area contributed by atoms with E-state index in [4.69, 9.17) is 9.47 Å². The Kier molecular flexibility index (Phi) is 3.95. The van der Waals surface area contributed by atoms with Gasteiger partial charge in [-0.25, -0.2) is 13.9 Å². The number of aromatic nitrogens is 3. The molecule has 9 heteroatoms. The quantitative estimate of drug-likeness (QED) is 0.689. The fraction of sp³-hybridized carbons (Fsp3) is 0.350. The highest BCUT2D eigenvalue weighted by Gasteiger charge is 2.42. The second-order valence-corrected chi connectivity index (χ2v) is 7.57. The number of hydrogen-bond acceptors (Lipinski definition) is 6. The van der Waals surface area contributed by atoms with Crippen LogP contribution in [-0.4, -0.2) is 46.4 Å². The maximum absolute atomic E-state index is 14.4. The number of rotatable bonds is 2. The van der Waals surface area contributed by atoms with E-state index in [1.54, 1.807) is 23.9 Å². The minimum Gasteiger partial charge on any atom is -0.482 e. The monoisotopic (exact) mass is 397 g/mol. The lowest BCUT2D eigenvalue weighted by Gasteiger charge is -2.29. The Morgan fingerprint density at radius 2 is 2.31 bits per heavy atom. The number of fused-ring (bicyclic) bond motifs is 2. The molecule has 0 saturated heterocycles. The molecule has 8 nitrogen and oxygen atoms in total. The predicted octanol–water partition coefficient (Wildman–Crippen LogP) is 2.10. The van der Waals surface area contributed by atoms with Crippen molar-refractivity contribution in [1.29, 1.82) is 0 Å². The number of ether oxygens (including phenoxy) is 2. The van der Waals surface area contributed by atoms with Crippen molar-refractivity contribution in [3.8, 4) is 5.75 Å². The van der Waals surface area contributed by atoms with E-state index in [-0.39, 0.29) is 30.9 Å². The highest BCUT2D eigenvalue weighted by molar-refractivity contribution is 5.99. The molecule has 4 bridgehead atoms. The molecule has 3 aromatic rings. The van der Waals surface area contributed by atoms with Crippen molar-refractivity contribution in [2.45, 2.75) is 25.0 Å². The normalized spacial score (nSPS) is 23.0. The Balaban J connectivity index is 1.67. The van der Waals surface area contributed by atoms with Crippen LogP contribution in [0.2, 0.25) is 0 Å². The maximum atomic E-state index is 14.4. The molecule has 2 aliphatic heterocycles. The van der Waals surface area contributed by atoms with E-state index in [9.17, 15) is 9.18 Å². The number of hydrogen-bond donors (Lipinski definition) is 2. The lowest BCUT2D eigenvalue weighted by atomic mass is 9.95. The maximum Gasteiger partial charge on any atom is 0.256 e. The van der Waals surface area contributed by atoms with Crippen molar-refractivity contribution >= 4 is 17.4 Å². The first kappa shape index (κ1) is 17.9. The Bertz CT molecular complexity index is 1130. The molecule has 29 heavy (non-hydrogen) atoms. The van der Waals surface area contributed by atoms with Crippen molar-refractivity contribution in [2.24, 2.45) is 0 Å². The fourth-order valence-corrected chi connectivity index (χ4v) is 4.09. The van der Waals surface area contributed by atoms with Gasteiger partial charge in [0.2, 0.25) is 0 Å². The van der Waals surface area contributed by atoms with Crippen molar-refractivity contribution in [1.82, 2.24) is 19.9 Å². The van der Waals surface area contributed by atoms with E-state index in [0.29, 0.717) is 34.8 Å². The number of nitrogens with zero attached hydrogens (tertiary/aromatic N) is 3. The Hall–Kier alpha value is -3.20. The Morgan fingerprint density at radius 3 is 3.14 bits per heavy atom. The first-order chi connectivity index (χ1) is 14.0. The van der Waals surface area contributed by atoms with E-state index < -0.39 is 5.60 Å². The molecule has 1 amide bonds. The first-order valence-corrected chi connectivity index (χ1v) is 9.37. The molecule has 2 aliphatic rings. The van der Waals surface area contributed by atoms with Crippen LogP contribution >= 0.6 is 0 Å². The van der Waals surface area contributed by atoms with Gasteiger partial charge in [-0.2, -0.15) is 5.10 Å². The van der Waals surface area contributed by atoms with Crippen molar-refractivity contribution in [3.63, 3.8) is 0 Å². The van der Waals surface area contributed by atoms with Gasteiger partial charge in [-0.1, -0.05) is 0 Å². The summed E-state index contributed by atoms with van der Waals surface area (Å²) < 4.78 is 27.6.